The number of rotatable bonds is 7. The maximum atomic E-state index is 7.61. The van der Waals surface area contributed by atoms with Gasteiger partial charge in [0.2, 0.25) is 0 Å². The van der Waals surface area contributed by atoms with Crippen LogP contribution < -0.4 is 0 Å². The molecule has 1 aromatic heterocycles. The second kappa shape index (κ2) is 15.8. The molecular formula is C31H45N3. The smallest absolute Gasteiger partial charge is 0.127 e. The number of aromatic nitrogens is 1. The average molecular weight is 460 g/mol. The topological polar surface area (TPSA) is 40.0 Å². The van der Waals surface area contributed by atoms with E-state index in [-0.39, 0.29) is 0 Å². The Balaban J connectivity index is 0.000000374. The van der Waals surface area contributed by atoms with Crippen molar-refractivity contribution in [2.24, 2.45) is 5.92 Å². The van der Waals surface area contributed by atoms with Crippen molar-refractivity contribution in [1.29, 1.82) is 5.41 Å². The number of hydrogen-bond donors (Lipinski definition) is 1. The Labute approximate surface area is 208 Å². The summed E-state index contributed by atoms with van der Waals surface area (Å²) in [6.45, 7) is 13.1. The maximum absolute atomic E-state index is 7.61. The molecule has 3 heteroatoms. The van der Waals surface area contributed by atoms with Crippen molar-refractivity contribution in [2.75, 3.05) is 14.1 Å². The first kappa shape index (κ1) is 29.1. The first-order valence-corrected chi connectivity index (χ1v) is 12.7. The Bertz CT molecular complexity index is 918. The number of pyridine rings is 1. The van der Waals surface area contributed by atoms with Crippen LogP contribution in [0.5, 0.6) is 0 Å². The van der Waals surface area contributed by atoms with E-state index in [2.05, 4.69) is 76.4 Å². The van der Waals surface area contributed by atoms with Crippen LogP contribution in [0.15, 0.2) is 79.0 Å². The zero-order chi connectivity index (χ0) is 25.5. The third-order valence-electron chi connectivity index (χ3n) is 6.15. The van der Waals surface area contributed by atoms with Crippen LogP contribution in [0.4, 0.5) is 0 Å². The number of hydrogen-bond acceptors (Lipinski definition) is 2. The van der Waals surface area contributed by atoms with Crippen molar-refractivity contribution in [2.45, 2.75) is 66.2 Å². The fourth-order valence-electron chi connectivity index (χ4n) is 3.70. The Kier molecular flexibility index (Phi) is 13.5. The van der Waals surface area contributed by atoms with Crippen molar-refractivity contribution in [3.8, 4) is 0 Å². The zero-order valence-electron chi connectivity index (χ0n) is 22.5. The van der Waals surface area contributed by atoms with E-state index < -0.39 is 0 Å². The molecule has 0 spiro atoms. The van der Waals surface area contributed by atoms with Gasteiger partial charge in [0, 0.05) is 37.5 Å². The SMILES string of the molecule is CC.CCC(C)c1ccc(C(c2ccccc2)C(C)CC)cn1.CN(C)C(=N)c1ccccc1. The molecule has 1 N–H and O–H groups in total. The number of amidine groups is 1. The molecule has 0 radical (unpaired) electrons. The van der Waals surface area contributed by atoms with Crippen LogP contribution in [0.2, 0.25) is 0 Å². The van der Waals surface area contributed by atoms with Crippen LogP contribution >= 0.6 is 0 Å². The summed E-state index contributed by atoms with van der Waals surface area (Å²) in [5, 5.41) is 7.61. The molecule has 2 aromatic carbocycles. The predicted octanol–water partition coefficient (Wildman–Crippen LogP) is 8.37. The lowest BCUT2D eigenvalue weighted by molar-refractivity contribution is 0.495. The van der Waals surface area contributed by atoms with Crippen molar-refractivity contribution in [1.82, 2.24) is 9.88 Å². The average Bonchev–Trinajstić information content (AvgIpc) is 2.90. The second-order valence-electron chi connectivity index (χ2n) is 8.71. The van der Waals surface area contributed by atoms with Gasteiger partial charge in [-0.05, 0) is 35.4 Å². The Morgan fingerprint density at radius 1 is 0.794 bits per heavy atom. The molecule has 0 amide bonds. The summed E-state index contributed by atoms with van der Waals surface area (Å²) in [6, 6.07) is 25.0. The molecule has 0 saturated heterocycles. The van der Waals surface area contributed by atoms with Crippen molar-refractivity contribution >= 4 is 5.84 Å². The van der Waals surface area contributed by atoms with Crippen molar-refractivity contribution < 1.29 is 0 Å². The van der Waals surface area contributed by atoms with E-state index in [9.17, 15) is 0 Å². The lowest BCUT2D eigenvalue weighted by Crippen LogP contribution is -2.21. The molecule has 0 fully saturated rings. The summed E-state index contributed by atoms with van der Waals surface area (Å²) in [5.41, 5.74) is 4.89. The van der Waals surface area contributed by atoms with E-state index in [0.717, 1.165) is 12.0 Å². The van der Waals surface area contributed by atoms with Crippen molar-refractivity contribution in [3.63, 3.8) is 0 Å². The van der Waals surface area contributed by atoms with E-state index in [4.69, 9.17) is 10.4 Å². The molecule has 0 aliphatic rings. The quantitative estimate of drug-likeness (QED) is 0.285. The van der Waals surface area contributed by atoms with Gasteiger partial charge in [0.15, 0.2) is 0 Å². The third kappa shape index (κ3) is 8.78. The van der Waals surface area contributed by atoms with E-state index in [1.165, 1.54) is 23.2 Å². The highest BCUT2D eigenvalue weighted by Gasteiger charge is 2.20. The molecule has 184 valence electrons. The summed E-state index contributed by atoms with van der Waals surface area (Å²) in [6.07, 6.45) is 4.40. The minimum absolute atomic E-state index is 0.440. The largest absolute Gasteiger partial charge is 0.363 e. The Morgan fingerprint density at radius 2 is 1.35 bits per heavy atom. The normalized spacial score (nSPS) is 12.7. The highest BCUT2D eigenvalue weighted by Crippen LogP contribution is 2.33. The van der Waals surface area contributed by atoms with Gasteiger partial charge in [-0.2, -0.15) is 0 Å². The summed E-state index contributed by atoms with van der Waals surface area (Å²) < 4.78 is 0. The summed E-state index contributed by atoms with van der Waals surface area (Å²) in [4.78, 5) is 6.50. The van der Waals surface area contributed by atoms with Crippen LogP contribution in [0.3, 0.4) is 0 Å². The van der Waals surface area contributed by atoms with Gasteiger partial charge in [0.1, 0.15) is 5.84 Å². The highest BCUT2D eigenvalue weighted by molar-refractivity contribution is 5.95. The standard InChI is InChI=1S/C20H27N.C9H12N2.C2H6/c1-5-15(3)19-13-12-18(14-21-19)20(16(4)6-2)17-10-8-7-9-11-17;1-11(2)9(10)8-6-4-3-5-7-8;1-2/h7-16,20H,5-6H2,1-4H3;3-7,10H,1-2H3;1-2H3. The lowest BCUT2D eigenvalue weighted by atomic mass is 9.81. The fourth-order valence-corrected chi connectivity index (χ4v) is 3.70. The molecule has 3 nitrogen and oxygen atoms in total. The van der Waals surface area contributed by atoms with Crippen LogP contribution in [0.1, 0.15) is 88.6 Å². The minimum Gasteiger partial charge on any atom is -0.363 e. The summed E-state index contributed by atoms with van der Waals surface area (Å²) >= 11 is 0. The molecule has 0 aliphatic heterocycles. The fraction of sp³-hybridized carbons (Fsp3) is 0.419. The molecule has 0 saturated carbocycles. The second-order valence-corrected chi connectivity index (χ2v) is 8.71. The first-order valence-electron chi connectivity index (χ1n) is 12.7. The molecule has 34 heavy (non-hydrogen) atoms. The maximum Gasteiger partial charge on any atom is 0.127 e. The van der Waals surface area contributed by atoms with Gasteiger partial charge in [-0.15, -0.1) is 0 Å². The number of benzene rings is 2. The Morgan fingerprint density at radius 3 is 1.79 bits per heavy atom. The first-order chi connectivity index (χ1) is 16.4. The molecule has 0 aliphatic carbocycles. The van der Waals surface area contributed by atoms with Crippen LogP contribution in [-0.4, -0.2) is 29.8 Å². The monoisotopic (exact) mass is 459 g/mol. The molecule has 0 bridgehead atoms. The third-order valence-corrected chi connectivity index (χ3v) is 6.15. The lowest BCUT2D eigenvalue weighted by Gasteiger charge is -2.24. The Hall–Kier alpha value is -2.94. The van der Waals surface area contributed by atoms with E-state index in [1.54, 1.807) is 4.90 Å². The molecule has 3 aromatic rings. The van der Waals surface area contributed by atoms with E-state index in [1.807, 2.05) is 58.3 Å². The molecule has 1 heterocycles. The molecular weight excluding hydrogens is 414 g/mol. The number of nitrogens with one attached hydrogen (secondary N) is 1. The van der Waals surface area contributed by atoms with Crippen LogP contribution in [0, 0.1) is 11.3 Å². The molecule has 3 atom stereocenters. The summed E-state index contributed by atoms with van der Waals surface area (Å²) in [5.74, 6) is 2.14. The van der Waals surface area contributed by atoms with Gasteiger partial charge in [0.25, 0.3) is 0 Å². The van der Waals surface area contributed by atoms with Crippen molar-refractivity contribution in [3.05, 3.63) is 101 Å². The van der Waals surface area contributed by atoms with Gasteiger partial charge in [-0.3, -0.25) is 10.4 Å². The predicted molar refractivity (Wildman–Crippen MR) is 149 cm³/mol. The van der Waals surface area contributed by atoms with Gasteiger partial charge in [-0.1, -0.05) is 115 Å². The van der Waals surface area contributed by atoms with Crippen LogP contribution in [-0.2, 0) is 0 Å². The van der Waals surface area contributed by atoms with Crippen LogP contribution in [0.25, 0.3) is 0 Å². The molecule has 3 rings (SSSR count). The van der Waals surface area contributed by atoms with Gasteiger partial charge in [-0.25, -0.2) is 0 Å². The van der Waals surface area contributed by atoms with Gasteiger partial charge >= 0.3 is 0 Å². The summed E-state index contributed by atoms with van der Waals surface area (Å²) in [7, 11) is 3.74. The molecule has 3 unspecified atom stereocenters. The zero-order valence-corrected chi connectivity index (χ0v) is 22.5. The van der Waals surface area contributed by atoms with Gasteiger partial charge in [0.05, 0.1) is 0 Å². The van der Waals surface area contributed by atoms with E-state index in [0.29, 0.717) is 23.6 Å². The van der Waals surface area contributed by atoms with E-state index >= 15 is 0 Å². The number of nitrogens with zero attached hydrogens (tertiary/aromatic N) is 2. The highest BCUT2D eigenvalue weighted by atomic mass is 15.1. The minimum atomic E-state index is 0.440. The van der Waals surface area contributed by atoms with Gasteiger partial charge < -0.3 is 4.90 Å².